The topological polar surface area (TPSA) is 75.6 Å². The van der Waals surface area contributed by atoms with Gasteiger partial charge in [0.1, 0.15) is 5.60 Å². The van der Waals surface area contributed by atoms with Crippen molar-refractivity contribution in [2.75, 3.05) is 39.8 Å². The number of rotatable bonds is 6. The van der Waals surface area contributed by atoms with Crippen LogP contribution < -0.4 is 14.8 Å². The molecular weight excluding hydrogens is 537 g/mol. The van der Waals surface area contributed by atoms with E-state index in [1.54, 1.807) is 17.0 Å². The van der Waals surface area contributed by atoms with Crippen molar-refractivity contribution >= 4 is 36.0 Å². The molecule has 1 atom stereocenters. The molecule has 1 amide bonds. The van der Waals surface area contributed by atoms with Gasteiger partial charge in [0.25, 0.3) is 0 Å². The van der Waals surface area contributed by atoms with Gasteiger partial charge in [-0.05, 0) is 44.9 Å². The second-order valence-electron chi connectivity index (χ2n) is 8.48. The Hall–Kier alpha value is -2.05. The number of amides is 1. The maximum atomic E-state index is 12.6. The highest BCUT2D eigenvalue weighted by Gasteiger charge is 2.36. The van der Waals surface area contributed by atoms with E-state index in [-0.39, 0.29) is 47.6 Å². The number of hydrogen-bond acceptors (Lipinski definition) is 7. The summed E-state index contributed by atoms with van der Waals surface area (Å²) in [5.74, 6) is 1.08. The van der Waals surface area contributed by atoms with Gasteiger partial charge in [-0.2, -0.15) is 8.78 Å². The molecule has 0 aromatic heterocycles. The number of carbonyl (C=O) groups is 1. The number of aliphatic imine (C=N–C) groups is 1. The van der Waals surface area contributed by atoms with Crippen molar-refractivity contribution < 1.29 is 27.8 Å². The normalized spacial score (nSPS) is 18.0. The van der Waals surface area contributed by atoms with Crippen LogP contribution in [0, 0.1) is 0 Å². The molecule has 32 heavy (non-hydrogen) atoms. The number of carbonyl (C=O) groups excluding carboxylic acids is 1. The van der Waals surface area contributed by atoms with Crippen LogP contribution in [-0.4, -0.2) is 79.9 Å². The molecule has 0 radical (unpaired) electrons. The van der Waals surface area contributed by atoms with Crippen LogP contribution in [0.25, 0.3) is 0 Å². The van der Waals surface area contributed by atoms with Gasteiger partial charge < -0.3 is 29.3 Å². The van der Waals surface area contributed by atoms with Gasteiger partial charge in [0, 0.05) is 26.2 Å². The molecule has 0 bridgehead atoms. The number of piperazine rings is 1. The standard InChI is InChI=1S/C21H30F2N4O4.HI/c1-21(2,3)31-20(28)26-9-10-27-15(13-26)12-25-19(27)24-8-7-14-5-6-16(29-4)17(11-14)30-18(22)23;/h5-6,11,15,18H,7-10,12-13H2,1-4H3,(H,24,25);1H. The van der Waals surface area contributed by atoms with Gasteiger partial charge in [-0.25, -0.2) is 4.79 Å². The molecule has 1 saturated heterocycles. The zero-order valence-corrected chi connectivity index (χ0v) is 21.1. The summed E-state index contributed by atoms with van der Waals surface area (Å²) in [7, 11) is 1.41. The largest absolute Gasteiger partial charge is 0.493 e. The van der Waals surface area contributed by atoms with E-state index in [1.165, 1.54) is 7.11 Å². The molecule has 1 aromatic rings. The minimum Gasteiger partial charge on any atom is -0.493 e. The molecule has 1 unspecified atom stereocenters. The Kier molecular flexibility index (Phi) is 9.17. The Bertz CT molecular complexity index is 819. The first-order valence-corrected chi connectivity index (χ1v) is 10.3. The second kappa shape index (κ2) is 11.2. The fourth-order valence-electron chi connectivity index (χ4n) is 3.61. The van der Waals surface area contributed by atoms with Gasteiger partial charge in [-0.15, -0.1) is 24.0 Å². The van der Waals surface area contributed by atoms with E-state index in [0.717, 1.165) is 11.5 Å². The molecule has 1 N–H and O–H groups in total. The average molecular weight is 568 g/mol. The number of guanidine groups is 1. The van der Waals surface area contributed by atoms with Gasteiger partial charge in [0.05, 0.1) is 19.7 Å². The minimum atomic E-state index is -2.91. The maximum Gasteiger partial charge on any atom is 0.410 e. The quantitative estimate of drug-likeness (QED) is 0.531. The van der Waals surface area contributed by atoms with Crippen LogP contribution >= 0.6 is 24.0 Å². The minimum absolute atomic E-state index is 0. The van der Waals surface area contributed by atoms with Gasteiger partial charge in [-0.1, -0.05) is 6.07 Å². The molecule has 3 rings (SSSR count). The van der Waals surface area contributed by atoms with Crippen molar-refractivity contribution in [2.24, 2.45) is 4.99 Å². The monoisotopic (exact) mass is 568 g/mol. The lowest BCUT2D eigenvalue weighted by Crippen LogP contribution is -2.57. The van der Waals surface area contributed by atoms with Crippen molar-refractivity contribution in [2.45, 2.75) is 45.4 Å². The molecule has 180 valence electrons. The van der Waals surface area contributed by atoms with Crippen LogP contribution in [0.5, 0.6) is 11.5 Å². The third-order valence-electron chi connectivity index (χ3n) is 5.00. The fraction of sp³-hybridized carbons (Fsp3) is 0.619. The summed E-state index contributed by atoms with van der Waals surface area (Å²) in [6, 6.07) is 5.12. The zero-order chi connectivity index (χ0) is 22.6. The van der Waals surface area contributed by atoms with Crippen molar-refractivity contribution in [3.8, 4) is 11.5 Å². The van der Waals surface area contributed by atoms with Crippen LogP contribution in [0.15, 0.2) is 23.2 Å². The van der Waals surface area contributed by atoms with Crippen LogP contribution in [0.2, 0.25) is 0 Å². The number of alkyl halides is 2. The summed E-state index contributed by atoms with van der Waals surface area (Å²) in [6.45, 7) is 5.65. The Balaban J connectivity index is 0.00000363. The van der Waals surface area contributed by atoms with E-state index < -0.39 is 12.2 Å². The van der Waals surface area contributed by atoms with Crippen molar-refractivity contribution in [1.29, 1.82) is 0 Å². The first-order chi connectivity index (χ1) is 14.7. The summed E-state index contributed by atoms with van der Waals surface area (Å²) >= 11 is 0. The van der Waals surface area contributed by atoms with E-state index in [0.29, 0.717) is 39.1 Å². The van der Waals surface area contributed by atoms with Gasteiger partial charge in [0.2, 0.25) is 0 Å². The van der Waals surface area contributed by atoms with Crippen molar-refractivity contribution in [3.05, 3.63) is 23.8 Å². The molecule has 11 heteroatoms. The molecule has 0 spiro atoms. The van der Waals surface area contributed by atoms with Crippen LogP contribution in [0.3, 0.4) is 0 Å². The Labute approximate surface area is 204 Å². The smallest absolute Gasteiger partial charge is 0.410 e. The van der Waals surface area contributed by atoms with Crippen molar-refractivity contribution in [1.82, 2.24) is 15.1 Å². The molecule has 2 aliphatic rings. The number of nitrogens with one attached hydrogen (secondary N) is 1. The number of ether oxygens (including phenoxy) is 3. The fourth-order valence-corrected chi connectivity index (χ4v) is 3.61. The van der Waals surface area contributed by atoms with Gasteiger partial charge >= 0.3 is 12.7 Å². The summed E-state index contributed by atoms with van der Waals surface area (Å²) in [6.07, 6.45) is 0.306. The second-order valence-corrected chi connectivity index (χ2v) is 8.48. The maximum absolute atomic E-state index is 12.6. The predicted octanol–water partition coefficient (Wildman–Crippen LogP) is 3.34. The van der Waals surface area contributed by atoms with Crippen molar-refractivity contribution in [3.63, 3.8) is 0 Å². The van der Waals surface area contributed by atoms with Gasteiger partial charge in [0.15, 0.2) is 17.5 Å². The Morgan fingerprint density at radius 1 is 1.28 bits per heavy atom. The number of fused-ring (bicyclic) bond motifs is 1. The number of methoxy groups -OCH3 is 1. The molecular formula is C21H31F2IN4O4. The van der Waals surface area contributed by atoms with E-state index in [1.807, 2.05) is 26.8 Å². The highest BCUT2D eigenvalue weighted by atomic mass is 127. The lowest BCUT2D eigenvalue weighted by molar-refractivity contribution is -0.0512. The van der Waals surface area contributed by atoms with Crippen LogP contribution in [-0.2, 0) is 11.2 Å². The summed E-state index contributed by atoms with van der Waals surface area (Å²) in [5.41, 5.74) is 0.322. The summed E-state index contributed by atoms with van der Waals surface area (Å²) < 4.78 is 40.3. The Morgan fingerprint density at radius 2 is 2.03 bits per heavy atom. The third kappa shape index (κ3) is 6.97. The first kappa shape index (κ1) is 26.2. The van der Waals surface area contributed by atoms with E-state index in [9.17, 15) is 13.6 Å². The lowest BCUT2D eigenvalue weighted by atomic mass is 10.1. The number of hydrogen-bond donors (Lipinski definition) is 1. The lowest BCUT2D eigenvalue weighted by Gasteiger charge is -2.39. The zero-order valence-electron chi connectivity index (χ0n) is 18.8. The number of benzene rings is 1. The molecule has 2 heterocycles. The third-order valence-corrected chi connectivity index (χ3v) is 5.00. The molecule has 8 nitrogen and oxygen atoms in total. The molecule has 0 aliphatic carbocycles. The van der Waals surface area contributed by atoms with Gasteiger partial charge in [-0.3, -0.25) is 4.99 Å². The van der Waals surface area contributed by atoms with Crippen LogP contribution in [0.4, 0.5) is 13.6 Å². The summed E-state index contributed by atoms with van der Waals surface area (Å²) in [5, 5.41) is 3.32. The molecule has 0 saturated carbocycles. The number of halogens is 3. The molecule has 2 aliphatic heterocycles. The highest BCUT2D eigenvalue weighted by molar-refractivity contribution is 14.0. The molecule has 1 fully saturated rings. The van der Waals surface area contributed by atoms with E-state index >= 15 is 0 Å². The highest BCUT2D eigenvalue weighted by Crippen LogP contribution is 2.29. The first-order valence-electron chi connectivity index (χ1n) is 10.3. The Morgan fingerprint density at radius 3 is 2.69 bits per heavy atom. The van der Waals surface area contributed by atoms with E-state index in [2.05, 4.69) is 19.9 Å². The van der Waals surface area contributed by atoms with Crippen LogP contribution in [0.1, 0.15) is 26.3 Å². The average Bonchev–Trinajstić information content (AvgIpc) is 3.09. The van der Waals surface area contributed by atoms with E-state index in [4.69, 9.17) is 9.47 Å². The number of nitrogens with zero attached hydrogens (tertiary/aromatic N) is 3. The summed E-state index contributed by atoms with van der Waals surface area (Å²) in [4.78, 5) is 20.8. The SMILES string of the molecule is COc1ccc(CCNC2=NCC3CN(C(=O)OC(C)(C)C)CCN23)cc1OC(F)F.I. The molecule has 1 aromatic carbocycles. The predicted molar refractivity (Wildman–Crippen MR) is 127 cm³/mol.